The van der Waals surface area contributed by atoms with Gasteiger partial charge in [0, 0.05) is 17.7 Å². The number of halogens is 4. The fourth-order valence-corrected chi connectivity index (χ4v) is 2.73. The van der Waals surface area contributed by atoms with Gasteiger partial charge in [0.25, 0.3) is 0 Å². The topological polar surface area (TPSA) is 82.1 Å². The number of aliphatic hydroxyl groups is 1. The molecule has 1 aromatic heterocycles. The first-order valence-corrected chi connectivity index (χ1v) is 9.47. The van der Waals surface area contributed by atoms with E-state index in [0.717, 1.165) is 5.56 Å². The molecule has 0 aliphatic rings. The number of nitrogens with zero attached hydrogens (tertiary/aromatic N) is 2. The molecule has 0 amide bonds. The summed E-state index contributed by atoms with van der Waals surface area (Å²) in [4.78, 5) is 8.63. The third-order valence-electron chi connectivity index (χ3n) is 4.54. The zero-order valence-corrected chi connectivity index (χ0v) is 16.8. The Kier molecular flexibility index (Phi) is 6.91. The van der Waals surface area contributed by atoms with Gasteiger partial charge in [-0.1, -0.05) is 44.2 Å². The van der Waals surface area contributed by atoms with E-state index >= 15 is 0 Å². The quantitative estimate of drug-likeness (QED) is 0.236. The van der Waals surface area contributed by atoms with Crippen molar-refractivity contribution in [2.75, 3.05) is 22.8 Å². The van der Waals surface area contributed by atoms with Crippen molar-refractivity contribution >= 4 is 17.5 Å². The van der Waals surface area contributed by atoms with Crippen molar-refractivity contribution in [1.29, 1.82) is 0 Å². The standard InChI is InChI=1S/C21H21F4N5O/c1-11(2)16(10-31)27-21-26-15(12-6-4-3-5-7-12)9-17(28-21)29-30-20-18(24)13(22)8-14(23)19(20)25/h3-9,11,16,30-31H,10H2,1-2H3,(H2,26,27,28,29)/t16-/m1/s1. The Morgan fingerprint density at radius 2 is 1.55 bits per heavy atom. The molecule has 10 heteroatoms. The predicted octanol–water partition coefficient (Wildman–Crippen LogP) is 4.57. The molecule has 3 aromatic rings. The van der Waals surface area contributed by atoms with Crippen LogP contribution in [0.1, 0.15) is 13.8 Å². The Bertz CT molecular complexity index is 1020. The van der Waals surface area contributed by atoms with Crippen molar-refractivity contribution in [2.24, 2.45) is 5.92 Å². The van der Waals surface area contributed by atoms with E-state index in [4.69, 9.17) is 0 Å². The molecule has 2 aromatic carbocycles. The molecule has 31 heavy (non-hydrogen) atoms. The van der Waals surface area contributed by atoms with Gasteiger partial charge in [0.15, 0.2) is 29.1 Å². The summed E-state index contributed by atoms with van der Waals surface area (Å²) in [6.07, 6.45) is 0. The van der Waals surface area contributed by atoms with E-state index in [1.807, 2.05) is 19.9 Å². The number of hydrazine groups is 1. The molecular weight excluding hydrogens is 414 g/mol. The van der Waals surface area contributed by atoms with Crippen LogP contribution in [0.4, 0.5) is 35.0 Å². The smallest absolute Gasteiger partial charge is 0.225 e. The summed E-state index contributed by atoms with van der Waals surface area (Å²) in [6, 6.07) is 10.3. The van der Waals surface area contributed by atoms with Gasteiger partial charge in [0.05, 0.1) is 18.3 Å². The van der Waals surface area contributed by atoms with E-state index < -0.39 is 29.0 Å². The van der Waals surface area contributed by atoms with E-state index in [9.17, 15) is 22.7 Å². The molecule has 4 N–H and O–H groups in total. The summed E-state index contributed by atoms with van der Waals surface area (Å²) < 4.78 is 54.7. The van der Waals surface area contributed by atoms with Crippen LogP contribution in [0, 0.1) is 29.2 Å². The van der Waals surface area contributed by atoms with Gasteiger partial charge in [-0.3, -0.25) is 10.9 Å². The van der Waals surface area contributed by atoms with Gasteiger partial charge in [-0.15, -0.1) is 0 Å². The Morgan fingerprint density at radius 3 is 2.13 bits per heavy atom. The van der Waals surface area contributed by atoms with Crippen LogP contribution in [-0.4, -0.2) is 27.7 Å². The zero-order chi connectivity index (χ0) is 22.5. The van der Waals surface area contributed by atoms with Crippen molar-refractivity contribution in [3.8, 4) is 11.3 Å². The molecule has 0 spiro atoms. The van der Waals surface area contributed by atoms with Crippen LogP contribution in [0.25, 0.3) is 11.3 Å². The highest BCUT2D eigenvalue weighted by molar-refractivity contribution is 5.65. The lowest BCUT2D eigenvalue weighted by atomic mass is 10.1. The minimum absolute atomic E-state index is 0.0574. The third kappa shape index (κ3) is 5.21. The van der Waals surface area contributed by atoms with Crippen LogP contribution >= 0.6 is 0 Å². The fourth-order valence-electron chi connectivity index (χ4n) is 2.73. The number of rotatable bonds is 8. The number of aromatic nitrogens is 2. The van der Waals surface area contributed by atoms with Gasteiger partial charge >= 0.3 is 0 Å². The average Bonchev–Trinajstić information content (AvgIpc) is 2.76. The van der Waals surface area contributed by atoms with Gasteiger partial charge in [-0.25, -0.2) is 22.5 Å². The Morgan fingerprint density at radius 1 is 0.903 bits per heavy atom. The van der Waals surface area contributed by atoms with Crippen LogP contribution in [-0.2, 0) is 0 Å². The largest absolute Gasteiger partial charge is 0.394 e. The molecule has 0 unspecified atom stereocenters. The molecule has 0 aliphatic carbocycles. The normalized spacial score (nSPS) is 12.0. The van der Waals surface area contributed by atoms with Crippen LogP contribution in [0.3, 0.4) is 0 Å². The van der Waals surface area contributed by atoms with E-state index in [1.54, 1.807) is 24.3 Å². The summed E-state index contributed by atoms with van der Waals surface area (Å²) in [7, 11) is 0. The number of benzene rings is 2. The number of nitrogens with one attached hydrogen (secondary N) is 3. The molecule has 3 rings (SSSR count). The Labute approximate surface area is 176 Å². The molecular formula is C21H21F4N5O. The summed E-state index contributed by atoms with van der Waals surface area (Å²) in [6.45, 7) is 3.63. The molecule has 0 saturated carbocycles. The van der Waals surface area contributed by atoms with Gasteiger partial charge in [0.1, 0.15) is 5.69 Å². The first-order chi connectivity index (χ1) is 14.8. The van der Waals surface area contributed by atoms with Crippen LogP contribution < -0.4 is 16.2 Å². The SMILES string of the molecule is CC(C)[C@@H](CO)Nc1nc(NNc2c(F)c(F)cc(F)c2F)cc(-c2ccccc2)n1. The van der Waals surface area contributed by atoms with Crippen molar-refractivity contribution in [3.05, 3.63) is 65.7 Å². The minimum Gasteiger partial charge on any atom is -0.394 e. The second-order valence-corrected chi connectivity index (χ2v) is 7.10. The number of hydrogen-bond acceptors (Lipinski definition) is 6. The summed E-state index contributed by atoms with van der Waals surface area (Å²) in [5.74, 6) is -5.97. The van der Waals surface area contributed by atoms with Crippen LogP contribution in [0.5, 0.6) is 0 Å². The molecule has 0 saturated heterocycles. The molecule has 1 atom stereocenters. The molecule has 164 valence electrons. The number of anilines is 3. The lowest BCUT2D eigenvalue weighted by Crippen LogP contribution is -2.30. The highest BCUT2D eigenvalue weighted by atomic mass is 19.2. The third-order valence-corrected chi connectivity index (χ3v) is 4.54. The van der Waals surface area contributed by atoms with E-state index in [2.05, 4.69) is 26.1 Å². The molecule has 0 aliphatic heterocycles. The van der Waals surface area contributed by atoms with Crippen LogP contribution in [0.15, 0.2) is 42.5 Å². The number of hydrogen-bond donors (Lipinski definition) is 4. The van der Waals surface area contributed by atoms with Gasteiger partial charge in [-0.2, -0.15) is 4.98 Å². The highest BCUT2D eigenvalue weighted by Crippen LogP contribution is 2.26. The lowest BCUT2D eigenvalue weighted by Gasteiger charge is -2.21. The van der Waals surface area contributed by atoms with Crippen molar-refractivity contribution < 1.29 is 22.7 Å². The van der Waals surface area contributed by atoms with E-state index in [0.29, 0.717) is 5.69 Å². The molecule has 1 heterocycles. The summed E-state index contributed by atoms with van der Waals surface area (Å²) in [5, 5.41) is 12.6. The fraction of sp³-hybridized carbons (Fsp3) is 0.238. The second-order valence-electron chi connectivity index (χ2n) is 7.10. The van der Waals surface area contributed by atoms with Crippen molar-refractivity contribution in [3.63, 3.8) is 0 Å². The highest BCUT2D eigenvalue weighted by Gasteiger charge is 2.20. The maximum absolute atomic E-state index is 13.9. The Hall–Kier alpha value is -3.40. The zero-order valence-electron chi connectivity index (χ0n) is 16.8. The predicted molar refractivity (Wildman–Crippen MR) is 110 cm³/mol. The number of aliphatic hydroxyl groups excluding tert-OH is 1. The van der Waals surface area contributed by atoms with Crippen molar-refractivity contribution in [2.45, 2.75) is 19.9 Å². The molecule has 0 fully saturated rings. The van der Waals surface area contributed by atoms with Gasteiger partial charge in [0.2, 0.25) is 5.95 Å². The molecule has 0 radical (unpaired) electrons. The average molecular weight is 435 g/mol. The van der Waals surface area contributed by atoms with E-state index in [1.165, 1.54) is 6.07 Å². The summed E-state index contributed by atoms with van der Waals surface area (Å²) in [5.41, 5.74) is 4.75. The van der Waals surface area contributed by atoms with Crippen molar-refractivity contribution in [1.82, 2.24) is 9.97 Å². The van der Waals surface area contributed by atoms with Crippen LogP contribution in [0.2, 0.25) is 0 Å². The molecule has 0 bridgehead atoms. The van der Waals surface area contributed by atoms with Gasteiger partial charge < -0.3 is 10.4 Å². The monoisotopic (exact) mass is 435 g/mol. The summed E-state index contributed by atoms with van der Waals surface area (Å²) >= 11 is 0. The minimum atomic E-state index is -1.58. The van der Waals surface area contributed by atoms with E-state index in [-0.39, 0.29) is 36.4 Å². The first-order valence-electron chi connectivity index (χ1n) is 9.47. The maximum Gasteiger partial charge on any atom is 0.225 e. The molecule has 6 nitrogen and oxygen atoms in total. The Balaban J connectivity index is 1.95. The lowest BCUT2D eigenvalue weighted by molar-refractivity contribution is 0.248. The second kappa shape index (κ2) is 9.61. The van der Waals surface area contributed by atoms with Gasteiger partial charge in [-0.05, 0) is 5.92 Å². The maximum atomic E-state index is 13.9. The first kappa shape index (κ1) is 22.3.